The van der Waals surface area contributed by atoms with Crippen molar-refractivity contribution < 1.29 is 0 Å². The molecule has 0 spiro atoms. The van der Waals surface area contributed by atoms with Crippen molar-refractivity contribution in [2.75, 3.05) is 0 Å². The second-order valence-electron chi connectivity index (χ2n) is 4.73. The van der Waals surface area contributed by atoms with Crippen LogP contribution in [0.1, 0.15) is 23.6 Å². The number of nitrogens with zero attached hydrogens (tertiary/aromatic N) is 3. The van der Waals surface area contributed by atoms with Crippen molar-refractivity contribution in [2.24, 2.45) is 5.73 Å². The molecule has 2 heterocycles. The zero-order valence-electron chi connectivity index (χ0n) is 10.0. The molecule has 4 nitrogen and oxygen atoms in total. The second kappa shape index (κ2) is 4.71. The molecule has 1 aromatic heterocycles. The fourth-order valence-corrected chi connectivity index (χ4v) is 2.37. The zero-order valence-corrected chi connectivity index (χ0v) is 10.8. The normalized spacial score (nSPS) is 18.7. The number of hydrogen-bond donors (Lipinski definition) is 1. The highest BCUT2D eigenvalue weighted by molar-refractivity contribution is 6.30. The number of fused-ring (bicyclic) bond motifs is 1. The quantitative estimate of drug-likeness (QED) is 0.898. The summed E-state index contributed by atoms with van der Waals surface area (Å²) in [6, 6.07) is 8.01. The average Bonchev–Trinajstić information content (AvgIpc) is 2.73. The third kappa shape index (κ3) is 2.40. The highest BCUT2D eigenvalue weighted by Gasteiger charge is 2.18. The molecule has 1 aliphatic rings. The van der Waals surface area contributed by atoms with E-state index in [1.165, 1.54) is 5.56 Å². The first-order valence-electron chi connectivity index (χ1n) is 6.13. The molecule has 94 valence electrons. The Morgan fingerprint density at radius 3 is 2.89 bits per heavy atom. The van der Waals surface area contributed by atoms with Gasteiger partial charge in [-0.15, -0.1) is 0 Å². The van der Waals surface area contributed by atoms with Gasteiger partial charge in [0.25, 0.3) is 0 Å². The molecule has 0 radical (unpaired) electrons. The van der Waals surface area contributed by atoms with E-state index in [4.69, 9.17) is 17.3 Å². The molecule has 0 amide bonds. The Balaban J connectivity index is 1.79. The van der Waals surface area contributed by atoms with Crippen LogP contribution in [-0.2, 0) is 19.4 Å². The van der Waals surface area contributed by atoms with Gasteiger partial charge >= 0.3 is 0 Å². The van der Waals surface area contributed by atoms with E-state index < -0.39 is 0 Å². The summed E-state index contributed by atoms with van der Waals surface area (Å²) in [4.78, 5) is 4.57. The molecule has 1 atom stereocenters. The van der Waals surface area contributed by atoms with Crippen LogP contribution < -0.4 is 5.73 Å². The van der Waals surface area contributed by atoms with Gasteiger partial charge in [-0.25, -0.2) is 9.67 Å². The monoisotopic (exact) mass is 262 g/mol. The van der Waals surface area contributed by atoms with Crippen LogP contribution in [0.25, 0.3) is 0 Å². The number of benzene rings is 1. The van der Waals surface area contributed by atoms with E-state index in [0.29, 0.717) is 0 Å². The van der Waals surface area contributed by atoms with Gasteiger partial charge in [-0.05, 0) is 24.1 Å². The van der Waals surface area contributed by atoms with Gasteiger partial charge in [0.15, 0.2) is 5.82 Å². The molecular formula is C13H15ClN4. The van der Waals surface area contributed by atoms with Crippen LogP contribution in [0.2, 0.25) is 5.02 Å². The molecular weight excluding hydrogens is 248 g/mol. The molecule has 3 rings (SSSR count). The molecule has 0 fully saturated rings. The lowest BCUT2D eigenvalue weighted by Gasteiger charge is -2.17. The lowest BCUT2D eigenvalue weighted by Crippen LogP contribution is -2.32. The molecule has 18 heavy (non-hydrogen) atoms. The third-order valence-corrected chi connectivity index (χ3v) is 3.47. The smallest absolute Gasteiger partial charge is 0.155 e. The maximum atomic E-state index is 5.92. The van der Waals surface area contributed by atoms with Gasteiger partial charge < -0.3 is 5.73 Å². The fourth-order valence-electron chi connectivity index (χ4n) is 2.24. The van der Waals surface area contributed by atoms with Gasteiger partial charge in [-0.1, -0.05) is 23.7 Å². The zero-order chi connectivity index (χ0) is 12.5. The minimum Gasteiger partial charge on any atom is -0.326 e. The Labute approximate surface area is 111 Å². The van der Waals surface area contributed by atoms with E-state index in [1.54, 1.807) is 0 Å². The van der Waals surface area contributed by atoms with Gasteiger partial charge in [0.1, 0.15) is 5.82 Å². The van der Waals surface area contributed by atoms with Crippen molar-refractivity contribution in [3.8, 4) is 0 Å². The van der Waals surface area contributed by atoms with E-state index in [9.17, 15) is 0 Å². The summed E-state index contributed by atoms with van der Waals surface area (Å²) in [7, 11) is 0. The lowest BCUT2D eigenvalue weighted by molar-refractivity contribution is 0.421. The molecule has 5 heteroatoms. The van der Waals surface area contributed by atoms with Crippen LogP contribution in [0, 0.1) is 0 Å². The van der Waals surface area contributed by atoms with Crippen LogP contribution in [0.15, 0.2) is 24.3 Å². The molecule has 2 aromatic rings. The first kappa shape index (κ1) is 11.7. The minimum absolute atomic E-state index is 0.211. The number of aryl methyl sites for hydroxylation is 1. The van der Waals surface area contributed by atoms with Crippen LogP contribution >= 0.6 is 11.6 Å². The van der Waals surface area contributed by atoms with Crippen LogP contribution in [-0.4, -0.2) is 20.8 Å². The average molecular weight is 263 g/mol. The molecule has 0 saturated carbocycles. The number of nitrogens with two attached hydrogens (primary N) is 1. The second-order valence-corrected chi connectivity index (χ2v) is 5.16. The number of halogens is 1. The molecule has 1 aliphatic heterocycles. The number of hydrogen-bond acceptors (Lipinski definition) is 3. The predicted octanol–water partition coefficient (Wildman–Crippen LogP) is 1.80. The van der Waals surface area contributed by atoms with Gasteiger partial charge in [-0.3, -0.25) is 0 Å². The Morgan fingerprint density at radius 2 is 2.11 bits per heavy atom. The molecule has 0 aliphatic carbocycles. The van der Waals surface area contributed by atoms with Gasteiger partial charge in [0.2, 0.25) is 0 Å². The van der Waals surface area contributed by atoms with E-state index in [0.717, 1.165) is 42.5 Å². The van der Waals surface area contributed by atoms with E-state index in [-0.39, 0.29) is 6.04 Å². The first-order valence-corrected chi connectivity index (χ1v) is 6.51. The maximum absolute atomic E-state index is 5.92. The Kier molecular flexibility index (Phi) is 3.06. The molecule has 0 bridgehead atoms. The summed E-state index contributed by atoms with van der Waals surface area (Å²) in [5.74, 6) is 1.92. The number of aromatic nitrogens is 3. The molecule has 1 unspecified atom stereocenters. The van der Waals surface area contributed by atoms with Crippen LogP contribution in [0.4, 0.5) is 0 Å². The summed E-state index contributed by atoms with van der Waals surface area (Å²) in [5, 5.41) is 5.26. The van der Waals surface area contributed by atoms with Crippen LogP contribution in [0.5, 0.6) is 0 Å². The molecule has 2 N–H and O–H groups in total. The fraction of sp³-hybridized carbons (Fsp3) is 0.385. The van der Waals surface area contributed by atoms with Gasteiger partial charge in [-0.2, -0.15) is 5.10 Å². The summed E-state index contributed by atoms with van der Waals surface area (Å²) in [5.41, 5.74) is 7.10. The highest BCUT2D eigenvalue weighted by Crippen LogP contribution is 2.15. The topological polar surface area (TPSA) is 56.7 Å². The third-order valence-electron chi connectivity index (χ3n) is 3.21. The Bertz CT molecular complexity index is 547. The molecule has 0 saturated heterocycles. The summed E-state index contributed by atoms with van der Waals surface area (Å²) < 4.78 is 1.94. The Morgan fingerprint density at radius 1 is 1.33 bits per heavy atom. The number of rotatable bonds is 2. The van der Waals surface area contributed by atoms with Crippen molar-refractivity contribution in [1.29, 1.82) is 0 Å². The van der Waals surface area contributed by atoms with E-state index >= 15 is 0 Å². The van der Waals surface area contributed by atoms with Crippen molar-refractivity contribution in [2.45, 2.75) is 31.8 Å². The van der Waals surface area contributed by atoms with Crippen molar-refractivity contribution in [3.63, 3.8) is 0 Å². The van der Waals surface area contributed by atoms with Crippen molar-refractivity contribution in [1.82, 2.24) is 14.8 Å². The largest absolute Gasteiger partial charge is 0.326 e. The summed E-state index contributed by atoms with van der Waals surface area (Å²) in [6.07, 6.45) is 2.67. The standard InChI is InChI=1S/C13H15ClN4/c14-10-3-1-9(2-4-10)7-12-16-13-6-5-11(15)8-18(13)17-12/h1-4,11H,5-8,15H2. The van der Waals surface area contributed by atoms with E-state index in [1.807, 2.05) is 28.9 Å². The van der Waals surface area contributed by atoms with Gasteiger partial charge in [0.05, 0.1) is 6.54 Å². The maximum Gasteiger partial charge on any atom is 0.155 e. The van der Waals surface area contributed by atoms with Crippen molar-refractivity contribution >= 4 is 11.6 Å². The Hall–Kier alpha value is -1.39. The SMILES string of the molecule is NC1CCc2nc(Cc3ccc(Cl)cc3)nn2C1. The molecule has 1 aromatic carbocycles. The van der Waals surface area contributed by atoms with Crippen molar-refractivity contribution in [3.05, 3.63) is 46.5 Å². The van der Waals surface area contributed by atoms with Gasteiger partial charge in [0, 0.05) is 23.9 Å². The van der Waals surface area contributed by atoms with E-state index in [2.05, 4.69) is 10.1 Å². The summed E-state index contributed by atoms with van der Waals surface area (Å²) in [6.45, 7) is 0.781. The predicted molar refractivity (Wildman–Crippen MR) is 70.6 cm³/mol. The summed E-state index contributed by atoms with van der Waals surface area (Å²) >= 11 is 5.86. The highest BCUT2D eigenvalue weighted by atomic mass is 35.5. The van der Waals surface area contributed by atoms with Crippen LogP contribution in [0.3, 0.4) is 0 Å². The lowest BCUT2D eigenvalue weighted by atomic mass is 10.1. The minimum atomic E-state index is 0.211. The first-order chi connectivity index (χ1) is 8.70.